The monoisotopic (exact) mass is 324 g/mol. The zero-order valence-corrected chi connectivity index (χ0v) is 15.6. The standard InChI is InChI=1S/C19H32O2S/c1-15(2)8-6-7-9-19(14-16(3)4)22(20,21)18-12-10-17(5)11-13-18/h10-13,15-16,19H,6-9,14H2,1-5H3/t19-/m1/s1. The molecule has 0 aliphatic heterocycles. The summed E-state index contributed by atoms with van der Waals surface area (Å²) in [5, 5.41) is -0.248. The number of sulfone groups is 1. The Labute approximate surface area is 137 Å². The first-order valence-corrected chi connectivity index (χ1v) is 10.1. The van der Waals surface area contributed by atoms with Crippen molar-refractivity contribution in [3.63, 3.8) is 0 Å². The topological polar surface area (TPSA) is 34.1 Å². The van der Waals surface area contributed by atoms with Gasteiger partial charge in [0.25, 0.3) is 0 Å². The fourth-order valence-corrected chi connectivity index (χ4v) is 4.79. The third-order valence-electron chi connectivity index (χ3n) is 4.08. The maximum atomic E-state index is 12.9. The fraction of sp³-hybridized carbons (Fsp3) is 0.684. The van der Waals surface area contributed by atoms with Gasteiger partial charge in [-0.2, -0.15) is 0 Å². The molecule has 0 aromatic heterocycles. The van der Waals surface area contributed by atoms with E-state index in [1.807, 2.05) is 19.1 Å². The van der Waals surface area contributed by atoms with Gasteiger partial charge >= 0.3 is 0 Å². The maximum absolute atomic E-state index is 12.9. The van der Waals surface area contributed by atoms with Crippen molar-refractivity contribution < 1.29 is 8.42 Å². The van der Waals surface area contributed by atoms with Crippen LogP contribution < -0.4 is 0 Å². The smallest absolute Gasteiger partial charge is 0.181 e. The molecule has 0 saturated heterocycles. The minimum absolute atomic E-state index is 0.248. The molecule has 2 nitrogen and oxygen atoms in total. The van der Waals surface area contributed by atoms with Crippen molar-refractivity contribution in [3.05, 3.63) is 29.8 Å². The number of benzene rings is 1. The average Bonchev–Trinajstić information content (AvgIpc) is 2.42. The largest absolute Gasteiger partial charge is 0.223 e. The van der Waals surface area contributed by atoms with E-state index >= 15 is 0 Å². The van der Waals surface area contributed by atoms with E-state index in [4.69, 9.17) is 0 Å². The van der Waals surface area contributed by atoms with Gasteiger partial charge in [-0.15, -0.1) is 0 Å². The zero-order valence-electron chi connectivity index (χ0n) is 14.8. The molecule has 0 amide bonds. The zero-order chi connectivity index (χ0) is 16.8. The molecule has 0 spiro atoms. The highest BCUT2D eigenvalue weighted by Crippen LogP contribution is 2.26. The van der Waals surface area contributed by atoms with Crippen molar-refractivity contribution in [2.24, 2.45) is 11.8 Å². The maximum Gasteiger partial charge on any atom is 0.181 e. The van der Waals surface area contributed by atoms with Gasteiger partial charge in [-0.05, 0) is 43.7 Å². The second-order valence-electron chi connectivity index (χ2n) is 7.29. The van der Waals surface area contributed by atoms with E-state index in [-0.39, 0.29) is 5.25 Å². The molecule has 1 atom stereocenters. The Hall–Kier alpha value is -0.830. The van der Waals surface area contributed by atoms with Crippen LogP contribution in [0.5, 0.6) is 0 Å². The molecular weight excluding hydrogens is 292 g/mol. The van der Waals surface area contributed by atoms with Crippen LogP contribution >= 0.6 is 0 Å². The first-order valence-electron chi connectivity index (χ1n) is 8.54. The average molecular weight is 325 g/mol. The van der Waals surface area contributed by atoms with Crippen LogP contribution in [0.15, 0.2) is 29.2 Å². The van der Waals surface area contributed by atoms with Crippen LogP contribution in [0.25, 0.3) is 0 Å². The van der Waals surface area contributed by atoms with Crippen LogP contribution in [0.2, 0.25) is 0 Å². The first kappa shape index (κ1) is 19.2. The van der Waals surface area contributed by atoms with Crippen molar-refractivity contribution in [2.45, 2.75) is 76.9 Å². The van der Waals surface area contributed by atoms with Crippen molar-refractivity contribution in [3.8, 4) is 0 Å². The number of aryl methyl sites for hydroxylation is 1. The van der Waals surface area contributed by atoms with E-state index in [2.05, 4.69) is 27.7 Å². The second kappa shape index (κ2) is 8.71. The van der Waals surface area contributed by atoms with Gasteiger partial charge in [0.15, 0.2) is 9.84 Å². The Balaban J connectivity index is 2.82. The Kier molecular flexibility index (Phi) is 7.61. The molecule has 0 aliphatic rings. The predicted molar refractivity (Wildman–Crippen MR) is 94.9 cm³/mol. The second-order valence-corrected chi connectivity index (χ2v) is 9.52. The highest BCUT2D eigenvalue weighted by atomic mass is 32.2. The van der Waals surface area contributed by atoms with E-state index in [0.717, 1.165) is 31.2 Å². The van der Waals surface area contributed by atoms with Crippen molar-refractivity contribution in [2.75, 3.05) is 0 Å². The van der Waals surface area contributed by atoms with Gasteiger partial charge in [0.2, 0.25) is 0 Å². The van der Waals surface area contributed by atoms with Crippen LogP contribution in [-0.4, -0.2) is 13.7 Å². The molecule has 0 unspecified atom stereocenters. The number of unbranched alkanes of at least 4 members (excludes halogenated alkanes) is 1. The van der Waals surface area contributed by atoms with E-state index in [0.29, 0.717) is 16.7 Å². The predicted octanol–water partition coefficient (Wildman–Crippen LogP) is 5.40. The van der Waals surface area contributed by atoms with Crippen molar-refractivity contribution in [1.29, 1.82) is 0 Å². The van der Waals surface area contributed by atoms with Crippen molar-refractivity contribution >= 4 is 9.84 Å². The molecule has 0 saturated carbocycles. The Bertz CT molecular complexity index is 527. The Morgan fingerprint density at radius 1 is 0.864 bits per heavy atom. The van der Waals surface area contributed by atoms with Crippen LogP contribution in [0.4, 0.5) is 0 Å². The van der Waals surface area contributed by atoms with Crippen LogP contribution in [0, 0.1) is 18.8 Å². The lowest BCUT2D eigenvalue weighted by molar-refractivity contribution is 0.475. The summed E-state index contributed by atoms with van der Waals surface area (Å²) >= 11 is 0. The van der Waals surface area contributed by atoms with Gasteiger partial charge in [0, 0.05) is 0 Å². The lowest BCUT2D eigenvalue weighted by atomic mass is 10.0. The summed E-state index contributed by atoms with van der Waals surface area (Å²) < 4.78 is 25.8. The molecule has 3 heteroatoms. The van der Waals surface area contributed by atoms with Gasteiger partial charge in [-0.1, -0.05) is 64.7 Å². The quantitative estimate of drug-likeness (QED) is 0.570. The molecule has 1 rings (SSSR count). The van der Waals surface area contributed by atoms with Crippen LogP contribution in [-0.2, 0) is 9.84 Å². The molecule has 1 aromatic rings. The highest BCUT2D eigenvalue weighted by molar-refractivity contribution is 7.92. The Morgan fingerprint density at radius 2 is 1.41 bits per heavy atom. The van der Waals surface area contributed by atoms with Crippen LogP contribution in [0.1, 0.15) is 65.4 Å². The molecular formula is C19H32O2S. The molecule has 0 N–H and O–H groups in total. The molecule has 0 aliphatic carbocycles. The minimum Gasteiger partial charge on any atom is -0.223 e. The summed E-state index contributed by atoms with van der Waals surface area (Å²) in [6, 6.07) is 7.29. The van der Waals surface area contributed by atoms with Crippen LogP contribution in [0.3, 0.4) is 0 Å². The number of hydrogen-bond donors (Lipinski definition) is 0. The molecule has 0 fully saturated rings. The summed E-state index contributed by atoms with van der Waals surface area (Å²) in [4.78, 5) is 0.479. The summed E-state index contributed by atoms with van der Waals surface area (Å²) in [5.74, 6) is 1.09. The van der Waals surface area contributed by atoms with E-state index < -0.39 is 9.84 Å². The van der Waals surface area contributed by atoms with E-state index in [1.165, 1.54) is 6.42 Å². The fourth-order valence-electron chi connectivity index (χ4n) is 2.77. The molecule has 0 bridgehead atoms. The van der Waals surface area contributed by atoms with Gasteiger partial charge in [0.1, 0.15) is 0 Å². The summed E-state index contributed by atoms with van der Waals surface area (Å²) in [5.41, 5.74) is 1.09. The normalized spacial score (nSPS) is 13.8. The summed E-state index contributed by atoms with van der Waals surface area (Å²) in [7, 11) is -3.21. The minimum atomic E-state index is -3.21. The third kappa shape index (κ3) is 6.12. The highest BCUT2D eigenvalue weighted by Gasteiger charge is 2.27. The van der Waals surface area contributed by atoms with Gasteiger partial charge < -0.3 is 0 Å². The lowest BCUT2D eigenvalue weighted by Gasteiger charge is -2.20. The third-order valence-corrected chi connectivity index (χ3v) is 6.32. The molecule has 22 heavy (non-hydrogen) atoms. The molecule has 126 valence electrons. The molecule has 0 radical (unpaired) electrons. The molecule has 0 heterocycles. The number of hydrogen-bond acceptors (Lipinski definition) is 2. The first-order chi connectivity index (χ1) is 10.2. The summed E-state index contributed by atoms with van der Waals surface area (Å²) in [6.45, 7) is 10.6. The number of rotatable bonds is 9. The van der Waals surface area contributed by atoms with E-state index in [9.17, 15) is 8.42 Å². The van der Waals surface area contributed by atoms with Gasteiger partial charge in [-0.3, -0.25) is 0 Å². The van der Waals surface area contributed by atoms with Crippen molar-refractivity contribution in [1.82, 2.24) is 0 Å². The SMILES string of the molecule is Cc1ccc(S(=O)(=O)[C@H](CCCCC(C)C)CC(C)C)cc1. The lowest BCUT2D eigenvalue weighted by Crippen LogP contribution is -2.23. The van der Waals surface area contributed by atoms with Gasteiger partial charge in [0.05, 0.1) is 10.1 Å². The van der Waals surface area contributed by atoms with Gasteiger partial charge in [-0.25, -0.2) is 8.42 Å². The van der Waals surface area contributed by atoms with E-state index in [1.54, 1.807) is 12.1 Å². The molecule has 1 aromatic carbocycles. The summed E-state index contributed by atoms with van der Waals surface area (Å²) in [6.07, 6.45) is 4.83. The Morgan fingerprint density at radius 3 is 1.91 bits per heavy atom.